The van der Waals surface area contributed by atoms with Crippen LogP contribution in [0.15, 0.2) is 0 Å². The molecule has 0 rings (SSSR count). The first-order valence-electron chi connectivity index (χ1n) is 7.20. The van der Waals surface area contributed by atoms with E-state index in [1.54, 1.807) is 0 Å². The van der Waals surface area contributed by atoms with E-state index in [1.165, 1.54) is 0 Å². The highest BCUT2D eigenvalue weighted by atomic mass is 16.6. The Balaban J connectivity index is 3.30. The van der Waals surface area contributed by atoms with Gasteiger partial charge in [-0.15, -0.1) is 0 Å². The van der Waals surface area contributed by atoms with Gasteiger partial charge in [0.25, 0.3) is 0 Å². The van der Waals surface area contributed by atoms with Gasteiger partial charge in [0.2, 0.25) is 0 Å². The van der Waals surface area contributed by atoms with Crippen molar-refractivity contribution in [3.8, 4) is 0 Å². The van der Waals surface area contributed by atoms with Gasteiger partial charge in [0, 0.05) is 19.4 Å². The van der Waals surface area contributed by atoms with Gasteiger partial charge in [0.1, 0.15) is 13.2 Å². The smallest absolute Gasteiger partial charge is 0.305 e. The molecule has 0 heterocycles. The summed E-state index contributed by atoms with van der Waals surface area (Å²) in [7, 11) is 0. The molecule has 0 fully saturated rings. The highest BCUT2D eigenvalue weighted by Crippen LogP contribution is 2.03. The second-order valence-corrected chi connectivity index (χ2v) is 4.34. The molecule has 0 saturated carbocycles. The average Bonchev–Trinajstić information content (AvgIpc) is 2.45. The summed E-state index contributed by atoms with van der Waals surface area (Å²) in [5.74, 6) is -0.621. The first kappa shape index (κ1) is 18.9. The minimum atomic E-state index is -0.350. The van der Waals surface area contributed by atoms with Gasteiger partial charge in [-0.05, 0) is 19.3 Å². The van der Waals surface area contributed by atoms with Gasteiger partial charge in [0.05, 0.1) is 13.2 Å². The van der Waals surface area contributed by atoms with E-state index < -0.39 is 0 Å². The molecule has 0 radical (unpaired) electrons. The van der Waals surface area contributed by atoms with Crippen LogP contribution in [0.1, 0.15) is 45.4 Å². The quantitative estimate of drug-likeness (QED) is 0.408. The number of ether oxygens (including phenoxy) is 3. The largest absolute Gasteiger partial charge is 0.463 e. The molecule has 0 aliphatic carbocycles. The maximum absolute atomic E-state index is 11.3. The summed E-state index contributed by atoms with van der Waals surface area (Å²) in [6, 6.07) is 0. The summed E-state index contributed by atoms with van der Waals surface area (Å²) in [5, 5.41) is 8.46. The zero-order valence-corrected chi connectivity index (χ0v) is 12.3. The summed E-state index contributed by atoms with van der Waals surface area (Å²) in [6.45, 7) is 3.35. The van der Waals surface area contributed by atoms with Crippen LogP contribution in [0.3, 0.4) is 0 Å². The molecule has 0 aromatic heterocycles. The molecule has 0 aliphatic rings. The molecule has 0 bridgehead atoms. The van der Waals surface area contributed by atoms with Crippen LogP contribution in [0.25, 0.3) is 0 Å². The lowest BCUT2D eigenvalue weighted by Crippen LogP contribution is -2.11. The van der Waals surface area contributed by atoms with Crippen molar-refractivity contribution in [2.24, 2.45) is 0 Å². The molecule has 0 unspecified atom stereocenters. The minimum absolute atomic E-state index is 0.0267. The zero-order chi connectivity index (χ0) is 15.1. The molecule has 0 amide bonds. The van der Waals surface area contributed by atoms with Crippen molar-refractivity contribution < 1.29 is 28.9 Å². The second-order valence-electron chi connectivity index (χ2n) is 4.34. The number of aliphatic hydroxyl groups is 1. The third-order valence-electron chi connectivity index (χ3n) is 2.50. The Morgan fingerprint density at radius 2 is 1.45 bits per heavy atom. The van der Waals surface area contributed by atoms with Crippen molar-refractivity contribution in [2.75, 3.05) is 33.0 Å². The van der Waals surface area contributed by atoms with Crippen LogP contribution in [0.2, 0.25) is 0 Å². The van der Waals surface area contributed by atoms with Crippen LogP contribution in [-0.4, -0.2) is 50.1 Å². The van der Waals surface area contributed by atoms with Gasteiger partial charge in [-0.25, -0.2) is 0 Å². The van der Waals surface area contributed by atoms with Crippen molar-refractivity contribution in [3.63, 3.8) is 0 Å². The molecular formula is C14H26O6. The lowest BCUT2D eigenvalue weighted by Gasteiger charge is -2.06. The van der Waals surface area contributed by atoms with Crippen molar-refractivity contribution in [3.05, 3.63) is 0 Å². The average molecular weight is 290 g/mol. The van der Waals surface area contributed by atoms with E-state index in [-0.39, 0.29) is 38.2 Å². The predicted octanol–water partition coefficient (Wildman–Crippen LogP) is 1.44. The molecule has 20 heavy (non-hydrogen) atoms. The molecule has 0 spiro atoms. The Labute approximate surface area is 120 Å². The number of hydrogen-bond acceptors (Lipinski definition) is 6. The Bertz CT molecular complexity index is 254. The third kappa shape index (κ3) is 13.3. The van der Waals surface area contributed by atoms with Crippen LogP contribution < -0.4 is 0 Å². The Morgan fingerprint density at radius 3 is 2.00 bits per heavy atom. The summed E-state index contributed by atoms with van der Waals surface area (Å²) in [6.07, 6.45) is 3.81. The fraction of sp³-hybridized carbons (Fsp3) is 0.857. The fourth-order valence-electron chi connectivity index (χ4n) is 1.41. The number of carbonyl (C=O) groups is 2. The van der Waals surface area contributed by atoms with Gasteiger partial charge < -0.3 is 19.3 Å². The standard InChI is InChI=1S/C14H26O6/c1-2-3-9-18-11-12-20-14(17)7-5-4-6-13(16)19-10-8-15/h15H,2-12H2,1H3. The van der Waals surface area contributed by atoms with E-state index in [4.69, 9.17) is 14.6 Å². The van der Waals surface area contributed by atoms with Gasteiger partial charge in [-0.2, -0.15) is 0 Å². The topological polar surface area (TPSA) is 82.1 Å². The van der Waals surface area contributed by atoms with E-state index in [2.05, 4.69) is 11.7 Å². The molecule has 0 aromatic carbocycles. The molecule has 0 saturated heterocycles. The lowest BCUT2D eigenvalue weighted by atomic mass is 10.2. The summed E-state index contributed by atoms with van der Waals surface area (Å²) in [4.78, 5) is 22.4. The van der Waals surface area contributed by atoms with E-state index in [0.29, 0.717) is 32.5 Å². The van der Waals surface area contributed by atoms with Gasteiger partial charge in [-0.3, -0.25) is 9.59 Å². The van der Waals surface area contributed by atoms with Gasteiger partial charge in [0.15, 0.2) is 0 Å². The molecule has 0 aromatic rings. The third-order valence-corrected chi connectivity index (χ3v) is 2.50. The molecular weight excluding hydrogens is 264 g/mol. The number of esters is 2. The number of carbonyl (C=O) groups excluding carboxylic acids is 2. The Hall–Kier alpha value is -1.14. The van der Waals surface area contributed by atoms with Crippen molar-refractivity contribution in [1.82, 2.24) is 0 Å². The first-order valence-corrected chi connectivity index (χ1v) is 7.20. The SMILES string of the molecule is CCCCOCCOC(=O)CCCCC(=O)OCCO. The number of rotatable bonds is 13. The second kappa shape index (κ2) is 14.3. The number of unbranched alkanes of at least 4 members (excludes halogenated alkanes) is 2. The highest BCUT2D eigenvalue weighted by molar-refractivity contribution is 5.70. The zero-order valence-electron chi connectivity index (χ0n) is 12.3. The van der Waals surface area contributed by atoms with Crippen LogP contribution in [-0.2, 0) is 23.8 Å². The summed E-state index contributed by atoms with van der Waals surface area (Å²) in [5.41, 5.74) is 0. The maximum Gasteiger partial charge on any atom is 0.305 e. The first-order chi connectivity index (χ1) is 9.70. The van der Waals surface area contributed by atoms with E-state index in [1.807, 2.05) is 0 Å². The van der Waals surface area contributed by atoms with Gasteiger partial charge >= 0.3 is 11.9 Å². The van der Waals surface area contributed by atoms with E-state index in [0.717, 1.165) is 12.8 Å². The Kier molecular flexibility index (Phi) is 13.5. The molecule has 1 N–H and O–H groups in total. The molecule has 6 heteroatoms. The predicted molar refractivity (Wildman–Crippen MR) is 73.2 cm³/mol. The van der Waals surface area contributed by atoms with Crippen LogP contribution in [0.4, 0.5) is 0 Å². The van der Waals surface area contributed by atoms with Crippen LogP contribution in [0, 0.1) is 0 Å². The van der Waals surface area contributed by atoms with E-state index >= 15 is 0 Å². The molecule has 6 nitrogen and oxygen atoms in total. The van der Waals surface area contributed by atoms with E-state index in [9.17, 15) is 9.59 Å². The lowest BCUT2D eigenvalue weighted by molar-refractivity contribution is -0.147. The number of aliphatic hydroxyl groups excluding tert-OH is 1. The highest BCUT2D eigenvalue weighted by Gasteiger charge is 2.05. The van der Waals surface area contributed by atoms with Crippen LogP contribution in [0.5, 0.6) is 0 Å². The summed E-state index contributed by atoms with van der Waals surface area (Å²) < 4.78 is 14.9. The fourth-order valence-corrected chi connectivity index (χ4v) is 1.41. The molecule has 0 atom stereocenters. The summed E-state index contributed by atoms with van der Waals surface area (Å²) >= 11 is 0. The van der Waals surface area contributed by atoms with Crippen LogP contribution >= 0.6 is 0 Å². The monoisotopic (exact) mass is 290 g/mol. The Morgan fingerprint density at radius 1 is 0.850 bits per heavy atom. The minimum Gasteiger partial charge on any atom is -0.463 e. The maximum atomic E-state index is 11.3. The van der Waals surface area contributed by atoms with Crippen molar-refractivity contribution in [2.45, 2.75) is 45.4 Å². The molecule has 0 aliphatic heterocycles. The molecule has 118 valence electrons. The van der Waals surface area contributed by atoms with Gasteiger partial charge in [-0.1, -0.05) is 13.3 Å². The van der Waals surface area contributed by atoms with Crippen molar-refractivity contribution in [1.29, 1.82) is 0 Å². The normalized spacial score (nSPS) is 10.3. The van der Waals surface area contributed by atoms with Crippen molar-refractivity contribution >= 4 is 11.9 Å². The number of hydrogen-bond donors (Lipinski definition) is 1.